The lowest BCUT2D eigenvalue weighted by Crippen LogP contribution is -2.44. The van der Waals surface area contributed by atoms with Crippen molar-refractivity contribution in [3.8, 4) is 11.5 Å². The zero-order valence-corrected chi connectivity index (χ0v) is 13.3. The number of hydrogen-bond acceptors (Lipinski definition) is 7. The monoisotopic (exact) mass is 318 g/mol. The molecule has 1 N–H and O–H groups in total. The Bertz CT molecular complexity index is 609. The highest BCUT2D eigenvalue weighted by Crippen LogP contribution is 2.35. The molecule has 1 fully saturated rings. The number of likely N-dealkylation sites (tertiary alicyclic amines) is 1. The third-order valence-corrected chi connectivity index (χ3v) is 4.40. The molecule has 0 aliphatic carbocycles. The van der Waals surface area contributed by atoms with Crippen LogP contribution in [-0.4, -0.2) is 58.5 Å². The van der Waals surface area contributed by atoms with Crippen molar-refractivity contribution in [1.82, 2.24) is 20.0 Å². The average molecular weight is 318 g/mol. The zero-order chi connectivity index (χ0) is 16.1. The summed E-state index contributed by atoms with van der Waals surface area (Å²) >= 11 is 0. The van der Waals surface area contributed by atoms with Crippen molar-refractivity contribution < 1.29 is 14.4 Å². The summed E-state index contributed by atoms with van der Waals surface area (Å²) in [5.41, 5.74) is 0.157. The van der Waals surface area contributed by atoms with Crippen LogP contribution in [0.3, 0.4) is 0 Å². The largest absolute Gasteiger partial charge is 0.396 e. The van der Waals surface area contributed by atoms with Gasteiger partial charge in [0, 0.05) is 39.5 Å². The van der Waals surface area contributed by atoms with E-state index >= 15 is 0 Å². The maximum atomic E-state index is 8.94. The van der Waals surface area contributed by atoms with Crippen molar-refractivity contribution >= 4 is 0 Å². The first-order chi connectivity index (χ1) is 11.3. The van der Waals surface area contributed by atoms with Crippen molar-refractivity contribution in [1.29, 1.82) is 0 Å². The Kier molecular flexibility index (Phi) is 5.00. The fraction of sp³-hybridized carbons (Fsp3) is 0.562. The number of aromatic nitrogens is 3. The molecule has 0 radical (unpaired) electrons. The highest BCUT2D eigenvalue weighted by molar-refractivity contribution is 5.47. The molecule has 1 saturated heterocycles. The number of pyridine rings is 1. The third-order valence-electron chi connectivity index (χ3n) is 4.40. The fourth-order valence-electron chi connectivity index (χ4n) is 2.95. The van der Waals surface area contributed by atoms with Crippen LogP contribution in [0.25, 0.3) is 11.5 Å². The van der Waals surface area contributed by atoms with E-state index in [4.69, 9.17) is 14.4 Å². The van der Waals surface area contributed by atoms with E-state index in [-0.39, 0.29) is 6.61 Å². The molecule has 124 valence electrons. The lowest BCUT2D eigenvalue weighted by Gasteiger charge is -2.38. The molecule has 0 aromatic carbocycles. The van der Waals surface area contributed by atoms with Crippen LogP contribution in [0.2, 0.25) is 0 Å². The van der Waals surface area contributed by atoms with Gasteiger partial charge in [-0.25, -0.2) is 0 Å². The molecule has 2 aromatic heterocycles. The van der Waals surface area contributed by atoms with Crippen LogP contribution >= 0.6 is 0 Å². The van der Waals surface area contributed by atoms with E-state index in [0.717, 1.165) is 38.9 Å². The van der Waals surface area contributed by atoms with Gasteiger partial charge in [-0.15, -0.1) is 0 Å². The Morgan fingerprint density at radius 2 is 2.17 bits per heavy atom. The van der Waals surface area contributed by atoms with E-state index in [0.29, 0.717) is 17.4 Å². The molecule has 7 heteroatoms. The lowest BCUT2D eigenvalue weighted by atomic mass is 9.90. The molecule has 1 aliphatic heterocycles. The first kappa shape index (κ1) is 16.0. The van der Waals surface area contributed by atoms with E-state index in [1.54, 1.807) is 13.3 Å². The number of ether oxygens (including phenoxy) is 1. The minimum Gasteiger partial charge on any atom is -0.396 e. The molecule has 0 spiro atoms. The molecule has 3 heterocycles. The summed E-state index contributed by atoms with van der Waals surface area (Å²) in [4.78, 5) is 11.1. The summed E-state index contributed by atoms with van der Waals surface area (Å²) in [7, 11) is 1.69. The quantitative estimate of drug-likeness (QED) is 0.863. The number of hydrogen-bond donors (Lipinski definition) is 1. The molecule has 0 amide bonds. The van der Waals surface area contributed by atoms with E-state index < -0.39 is 5.60 Å². The maximum absolute atomic E-state index is 8.94. The molecule has 3 rings (SSSR count). The number of rotatable bonds is 6. The Balaban J connectivity index is 1.73. The van der Waals surface area contributed by atoms with Crippen LogP contribution in [0.4, 0.5) is 0 Å². The van der Waals surface area contributed by atoms with E-state index in [9.17, 15) is 0 Å². The number of nitrogens with zero attached hydrogens (tertiary/aromatic N) is 4. The van der Waals surface area contributed by atoms with Gasteiger partial charge in [0.05, 0.1) is 0 Å². The molecule has 7 nitrogen and oxygen atoms in total. The van der Waals surface area contributed by atoms with Gasteiger partial charge in [0.1, 0.15) is 11.3 Å². The topological polar surface area (TPSA) is 84.5 Å². The second-order valence-corrected chi connectivity index (χ2v) is 5.76. The van der Waals surface area contributed by atoms with Gasteiger partial charge in [-0.3, -0.25) is 4.98 Å². The Hall–Kier alpha value is -1.83. The van der Waals surface area contributed by atoms with Crippen molar-refractivity contribution in [2.24, 2.45) is 0 Å². The van der Waals surface area contributed by atoms with Gasteiger partial charge in [0.15, 0.2) is 0 Å². The van der Waals surface area contributed by atoms with Crippen LogP contribution < -0.4 is 0 Å². The molecular weight excluding hydrogens is 296 g/mol. The van der Waals surface area contributed by atoms with Gasteiger partial charge in [-0.1, -0.05) is 11.2 Å². The van der Waals surface area contributed by atoms with Crippen molar-refractivity contribution in [3.63, 3.8) is 0 Å². The van der Waals surface area contributed by atoms with Crippen LogP contribution in [0.1, 0.15) is 25.2 Å². The van der Waals surface area contributed by atoms with Gasteiger partial charge in [-0.2, -0.15) is 4.98 Å². The second kappa shape index (κ2) is 7.16. The summed E-state index contributed by atoms with van der Waals surface area (Å²) in [6, 6.07) is 5.60. The molecule has 0 bridgehead atoms. The molecule has 0 unspecified atom stereocenters. The highest BCUT2D eigenvalue weighted by Gasteiger charge is 2.41. The molecule has 0 atom stereocenters. The van der Waals surface area contributed by atoms with Gasteiger partial charge >= 0.3 is 0 Å². The second-order valence-electron chi connectivity index (χ2n) is 5.76. The lowest BCUT2D eigenvalue weighted by molar-refractivity contribution is -0.0830. The van der Waals surface area contributed by atoms with Gasteiger partial charge in [0.2, 0.25) is 5.82 Å². The Morgan fingerprint density at radius 3 is 2.83 bits per heavy atom. The molecular formula is C16H22N4O3. The van der Waals surface area contributed by atoms with Crippen molar-refractivity contribution in [2.45, 2.75) is 24.9 Å². The van der Waals surface area contributed by atoms with E-state index in [1.807, 2.05) is 18.2 Å². The number of methoxy groups -OCH3 is 1. The summed E-state index contributed by atoms with van der Waals surface area (Å²) in [5, 5.41) is 13.0. The van der Waals surface area contributed by atoms with Crippen LogP contribution in [-0.2, 0) is 10.3 Å². The molecule has 23 heavy (non-hydrogen) atoms. The van der Waals surface area contributed by atoms with Crippen molar-refractivity contribution in [2.75, 3.05) is 33.4 Å². The highest BCUT2D eigenvalue weighted by atomic mass is 16.5. The van der Waals surface area contributed by atoms with E-state index in [1.165, 1.54) is 0 Å². The number of piperidine rings is 1. The summed E-state index contributed by atoms with van der Waals surface area (Å²) < 4.78 is 11.3. The predicted molar refractivity (Wildman–Crippen MR) is 83.6 cm³/mol. The van der Waals surface area contributed by atoms with E-state index in [2.05, 4.69) is 20.0 Å². The third kappa shape index (κ3) is 3.41. The maximum Gasteiger partial charge on any atom is 0.259 e. The number of aliphatic hydroxyl groups excluding tert-OH is 1. The molecule has 0 saturated carbocycles. The van der Waals surface area contributed by atoms with Gasteiger partial charge in [0.25, 0.3) is 5.89 Å². The SMILES string of the molecule is COC1(c2nc(-c3ccccn3)no2)CCN(CCCO)CC1. The predicted octanol–water partition coefficient (Wildman–Crippen LogP) is 1.45. The number of aliphatic hydroxyl groups is 1. The zero-order valence-electron chi connectivity index (χ0n) is 13.3. The van der Waals surface area contributed by atoms with Gasteiger partial charge in [-0.05, 0) is 31.4 Å². The first-order valence-corrected chi connectivity index (χ1v) is 7.91. The summed E-state index contributed by atoms with van der Waals surface area (Å²) in [6.07, 6.45) is 4.08. The molecule has 2 aromatic rings. The average Bonchev–Trinajstić information content (AvgIpc) is 3.12. The molecule has 1 aliphatic rings. The van der Waals surface area contributed by atoms with Crippen LogP contribution in [0.15, 0.2) is 28.9 Å². The summed E-state index contributed by atoms with van der Waals surface area (Å²) in [5.74, 6) is 1.00. The fourth-order valence-corrected chi connectivity index (χ4v) is 2.95. The normalized spacial score (nSPS) is 18.2. The minimum absolute atomic E-state index is 0.225. The van der Waals surface area contributed by atoms with Crippen LogP contribution in [0.5, 0.6) is 0 Å². The first-order valence-electron chi connectivity index (χ1n) is 7.91. The standard InChI is InChI=1S/C16H22N4O3/c1-22-16(6-10-20(11-7-16)9-4-12-21)15-18-14(19-23-15)13-5-2-3-8-17-13/h2-3,5,8,21H,4,6-7,9-12H2,1H3. The Morgan fingerprint density at radius 1 is 1.35 bits per heavy atom. The summed E-state index contributed by atoms with van der Waals surface area (Å²) in [6.45, 7) is 2.90. The van der Waals surface area contributed by atoms with Crippen LogP contribution in [0, 0.1) is 0 Å². The smallest absolute Gasteiger partial charge is 0.259 e. The van der Waals surface area contributed by atoms with Gasteiger partial charge < -0.3 is 19.3 Å². The Labute approximate surface area is 135 Å². The minimum atomic E-state index is -0.532. The van der Waals surface area contributed by atoms with Crippen molar-refractivity contribution in [3.05, 3.63) is 30.3 Å².